The number of nitrogens with zero attached hydrogens (tertiary/aromatic N) is 1. The normalized spacial score (nSPS) is 20.6. The molecule has 0 radical (unpaired) electrons. The molecule has 0 spiro atoms. The van der Waals surface area contributed by atoms with Crippen LogP contribution in [0, 0.1) is 0 Å². The summed E-state index contributed by atoms with van der Waals surface area (Å²) in [6, 6.07) is 0.660. The topological polar surface area (TPSA) is 41.6 Å². The summed E-state index contributed by atoms with van der Waals surface area (Å²) >= 11 is 0. The molecule has 0 amide bonds. The van der Waals surface area contributed by atoms with Crippen molar-refractivity contribution in [2.75, 3.05) is 27.7 Å². The van der Waals surface area contributed by atoms with E-state index in [1.54, 1.807) is 7.05 Å². The molecule has 0 aromatic rings. The van der Waals surface area contributed by atoms with Crippen molar-refractivity contribution >= 4 is 5.97 Å². The van der Waals surface area contributed by atoms with Crippen molar-refractivity contribution in [1.82, 2.24) is 10.2 Å². The molecule has 0 bridgehead atoms. The van der Waals surface area contributed by atoms with E-state index >= 15 is 0 Å². The van der Waals surface area contributed by atoms with Gasteiger partial charge in [-0.25, -0.2) is 0 Å². The number of hydrogen-bond donors (Lipinski definition) is 1. The fourth-order valence-electron chi connectivity index (χ4n) is 1.61. The lowest BCUT2D eigenvalue weighted by Gasteiger charge is -2.30. The van der Waals surface area contributed by atoms with Crippen LogP contribution in [-0.4, -0.2) is 50.2 Å². The second-order valence-electron chi connectivity index (χ2n) is 4.22. The highest BCUT2D eigenvalue weighted by Gasteiger charge is 2.37. The van der Waals surface area contributed by atoms with Crippen LogP contribution in [0.3, 0.4) is 0 Å². The zero-order valence-electron chi connectivity index (χ0n) is 9.46. The van der Waals surface area contributed by atoms with Crippen LogP contribution in [0.4, 0.5) is 0 Å². The van der Waals surface area contributed by atoms with E-state index in [9.17, 15) is 4.79 Å². The first-order valence-corrected chi connectivity index (χ1v) is 5.01. The minimum Gasteiger partial charge on any atom is -0.468 e. The summed E-state index contributed by atoms with van der Waals surface area (Å²) in [7, 11) is 5.27. The summed E-state index contributed by atoms with van der Waals surface area (Å²) in [6.07, 6.45) is 2.49. The zero-order chi connectivity index (χ0) is 10.8. The van der Waals surface area contributed by atoms with Crippen LogP contribution in [0.1, 0.15) is 19.8 Å². The molecule has 4 heteroatoms. The van der Waals surface area contributed by atoms with Crippen molar-refractivity contribution in [3.05, 3.63) is 0 Å². The molecule has 1 saturated carbocycles. The van der Waals surface area contributed by atoms with Crippen LogP contribution in [0.15, 0.2) is 0 Å². The molecule has 0 heterocycles. The van der Waals surface area contributed by atoms with Gasteiger partial charge in [0.2, 0.25) is 0 Å². The van der Waals surface area contributed by atoms with Gasteiger partial charge in [-0.05, 0) is 33.9 Å². The van der Waals surface area contributed by atoms with Gasteiger partial charge in [0.15, 0.2) is 0 Å². The minimum atomic E-state index is -0.591. The summed E-state index contributed by atoms with van der Waals surface area (Å²) in [5.74, 6) is -0.201. The maximum atomic E-state index is 11.5. The van der Waals surface area contributed by atoms with Gasteiger partial charge in [-0.15, -0.1) is 0 Å². The summed E-state index contributed by atoms with van der Waals surface area (Å²) in [6.45, 7) is 2.57. The highest BCUT2D eigenvalue weighted by atomic mass is 16.5. The molecule has 0 saturated heterocycles. The first-order chi connectivity index (χ1) is 6.53. The highest BCUT2D eigenvalue weighted by molar-refractivity contribution is 5.80. The molecule has 0 aromatic carbocycles. The van der Waals surface area contributed by atoms with Gasteiger partial charge in [-0.3, -0.25) is 4.79 Å². The average Bonchev–Trinajstić information content (AvgIpc) is 2.99. The Morgan fingerprint density at radius 1 is 1.64 bits per heavy atom. The molecule has 1 fully saturated rings. The van der Waals surface area contributed by atoms with Crippen LogP contribution in [0.2, 0.25) is 0 Å². The van der Waals surface area contributed by atoms with Crippen molar-refractivity contribution in [3.63, 3.8) is 0 Å². The Morgan fingerprint density at radius 3 is 2.57 bits per heavy atom. The first kappa shape index (κ1) is 11.5. The maximum absolute atomic E-state index is 11.5. The summed E-state index contributed by atoms with van der Waals surface area (Å²) in [5, 5.41) is 3.03. The Labute approximate surface area is 85.6 Å². The van der Waals surface area contributed by atoms with Gasteiger partial charge in [0.25, 0.3) is 0 Å². The number of carbonyl (C=O) groups excluding carboxylic acids is 1. The summed E-state index contributed by atoms with van der Waals surface area (Å²) in [5.41, 5.74) is -0.591. The van der Waals surface area contributed by atoms with Gasteiger partial charge in [0, 0.05) is 12.6 Å². The van der Waals surface area contributed by atoms with Crippen molar-refractivity contribution in [3.8, 4) is 0 Å². The lowest BCUT2D eigenvalue weighted by molar-refractivity contribution is -0.148. The predicted molar refractivity (Wildman–Crippen MR) is 55.1 cm³/mol. The SMILES string of the molecule is CNC(C)(CN(C)C1CC1)C(=O)OC. The lowest BCUT2D eigenvalue weighted by Crippen LogP contribution is -2.55. The Kier molecular flexibility index (Phi) is 3.50. The van der Waals surface area contributed by atoms with Crippen molar-refractivity contribution in [2.45, 2.75) is 31.3 Å². The standard InChI is InChI=1S/C10H20N2O2/c1-10(11-2,9(13)14-4)7-12(3)8-5-6-8/h8,11H,5-7H2,1-4H3. The molecule has 0 aromatic heterocycles. The fraction of sp³-hybridized carbons (Fsp3) is 0.900. The Morgan fingerprint density at radius 2 is 2.21 bits per heavy atom. The number of nitrogens with one attached hydrogen (secondary N) is 1. The second kappa shape index (κ2) is 4.28. The van der Waals surface area contributed by atoms with Crippen LogP contribution < -0.4 is 5.32 Å². The molecule has 0 aliphatic heterocycles. The van der Waals surface area contributed by atoms with Crippen LogP contribution in [0.25, 0.3) is 0 Å². The van der Waals surface area contributed by atoms with E-state index in [2.05, 4.69) is 17.3 Å². The predicted octanol–water partition coefficient (Wildman–Crippen LogP) is 0.232. The van der Waals surface area contributed by atoms with Gasteiger partial charge in [0.05, 0.1) is 7.11 Å². The lowest BCUT2D eigenvalue weighted by atomic mass is 10.0. The van der Waals surface area contributed by atoms with E-state index < -0.39 is 5.54 Å². The Hall–Kier alpha value is -0.610. The van der Waals surface area contributed by atoms with Crippen LogP contribution in [0.5, 0.6) is 0 Å². The van der Waals surface area contributed by atoms with Gasteiger partial charge < -0.3 is 15.0 Å². The van der Waals surface area contributed by atoms with Crippen molar-refractivity contribution in [2.24, 2.45) is 0 Å². The molecule has 1 atom stereocenters. The van der Waals surface area contributed by atoms with Gasteiger partial charge in [0.1, 0.15) is 5.54 Å². The molecular formula is C10H20N2O2. The third kappa shape index (κ3) is 2.45. The van der Waals surface area contributed by atoms with E-state index in [-0.39, 0.29) is 5.97 Å². The van der Waals surface area contributed by atoms with Gasteiger partial charge in [-0.1, -0.05) is 0 Å². The number of carbonyl (C=O) groups is 1. The monoisotopic (exact) mass is 200 g/mol. The number of ether oxygens (including phenoxy) is 1. The van der Waals surface area contributed by atoms with E-state index in [0.29, 0.717) is 12.6 Å². The maximum Gasteiger partial charge on any atom is 0.327 e. The number of hydrogen-bond acceptors (Lipinski definition) is 4. The Balaban J connectivity index is 2.54. The molecule has 1 aliphatic rings. The highest BCUT2D eigenvalue weighted by Crippen LogP contribution is 2.26. The third-order valence-corrected chi connectivity index (χ3v) is 2.92. The molecule has 1 aliphatic carbocycles. The molecule has 1 unspecified atom stereocenters. The number of esters is 1. The van der Waals surface area contributed by atoms with Crippen molar-refractivity contribution < 1.29 is 9.53 Å². The van der Waals surface area contributed by atoms with Crippen LogP contribution in [-0.2, 0) is 9.53 Å². The first-order valence-electron chi connectivity index (χ1n) is 5.01. The Bertz CT molecular complexity index is 216. The zero-order valence-corrected chi connectivity index (χ0v) is 9.46. The fourth-order valence-corrected chi connectivity index (χ4v) is 1.61. The molecule has 1 N–H and O–H groups in total. The second-order valence-corrected chi connectivity index (χ2v) is 4.22. The smallest absolute Gasteiger partial charge is 0.327 e. The average molecular weight is 200 g/mol. The van der Waals surface area contributed by atoms with E-state index in [4.69, 9.17) is 4.74 Å². The largest absolute Gasteiger partial charge is 0.468 e. The van der Waals surface area contributed by atoms with Gasteiger partial charge in [-0.2, -0.15) is 0 Å². The third-order valence-electron chi connectivity index (χ3n) is 2.92. The van der Waals surface area contributed by atoms with E-state index in [1.807, 2.05) is 6.92 Å². The molecular weight excluding hydrogens is 180 g/mol. The molecule has 4 nitrogen and oxygen atoms in total. The van der Waals surface area contributed by atoms with E-state index in [1.165, 1.54) is 20.0 Å². The quantitative estimate of drug-likeness (QED) is 0.645. The summed E-state index contributed by atoms with van der Waals surface area (Å²) < 4.78 is 4.78. The summed E-state index contributed by atoms with van der Waals surface area (Å²) in [4.78, 5) is 13.7. The van der Waals surface area contributed by atoms with Crippen molar-refractivity contribution in [1.29, 1.82) is 0 Å². The number of rotatable bonds is 5. The van der Waals surface area contributed by atoms with Crippen LogP contribution >= 0.6 is 0 Å². The molecule has 1 rings (SSSR count). The van der Waals surface area contributed by atoms with E-state index in [0.717, 1.165) is 0 Å². The number of methoxy groups -OCH3 is 1. The molecule has 14 heavy (non-hydrogen) atoms. The van der Waals surface area contributed by atoms with Gasteiger partial charge >= 0.3 is 5.97 Å². The minimum absolute atomic E-state index is 0.201. The number of likely N-dealkylation sites (N-methyl/N-ethyl adjacent to an activating group) is 2. The molecule has 82 valence electrons.